The van der Waals surface area contributed by atoms with Gasteiger partial charge >= 0.3 is 5.97 Å². The molecule has 0 radical (unpaired) electrons. The van der Waals surface area contributed by atoms with Crippen molar-refractivity contribution in [3.05, 3.63) is 59.7 Å². The minimum absolute atomic E-state index is 0.171. The highest BCUT2D eigenvalue weighted by atomic mass is 16.5. The number of methoxy groups -OCH3 is 1. The molecule has 0 unspecified atom stereocenters. The molecular formula is C29H36N2O5. The predicted molar refractivity (Wildman–Crippen MR) is 138 cm³/mol. The van der Waals surface area contributed by atoms with Crippen LogP contribution in [0.3, 0.4) is 0 Å². The highest BCUT2D eigenvalue weighted by Crippen LogP contribution is 2.30. The number of aryl methyl sites for hydroxylation is 1. The van der Waals surface area contributed by atoms with Crippen LogP contribution >= 0.6 is 0 Å². The molecule has 0 aliphatic carbocycles. The largest absolute Gasteiger partial charge is 0.497 e. The molecule has 0 spiro atoms. The van der Waals surface area contributed by atoms with Crippen LogP contribution in [0, 0.1) is 5.92 Å². The first-order valence-corrected chi connectivity index (χ1v) is 13.0. The fraction of sp³-hybridized carbons (Fsp3) is 0.483. The average molecular weight is 493 g/mol. The van der Waals surface area contributed by atoms with Crippen molar-refractivity contribution in [1.29, 1.82) is 0 Å². The van der Waals surface area contributed by atoms with Crippen molar-refractivity contribution >= 4 is 23.5 Å². The summed E-state index contributed by atoms with van der Waals surface area (Å²) < 4.78 is 10.5. The zero-order valence-corrected chi connectivity index (χ0v) is 21.3. The van der Waals surface area contributed by atoms with Crippen LogP contribution in [0.15, 0.2) is 48.5 Å². The Hall–Kier alpha value is -3.19. The first kappa shape index (κ1) is 25.9. The lowest BCUT2D eigenvalue weighted by molar-refractivity contribution is -0.123. The third-order valence-corrected chi connectivity index (χ3v) is 7.31. The van der Waals surface area contributed by atoms with Crippen molar-refractivity contribution in [3.63, 3.8) is 0 Å². The summed E-state index contributed by atoms with van der Waals surface area (Å²) in [6.45, 7) is 4.08. The van der Waals surface area contributed by atoms with Crippen LogP contribution in [0.1, 0.15) is 61.4 Å². The van der Waals surface area contributed by atoms with E-state index in [1.54, 1.807) is 31.4 Å². The Labute approximate surface area is 213 Å². The minimum atomic E-state index is -0.404. The van der Waals surface area contributed by atoms with Gasteiger partial charge in [-0.05, 0) is 93.1 Å². The molecule has 0 bridgehead atoms. The summed E-state index contributed by atoms with van der Waals surface area (Å²) in [4.78, 5) is 41.6. The molecule has 7 nitrogen and oxygen atoms in total. The van der Waals surface area contributed by atoms with Crippen molar-refractivity contribution in [2.24, 2.45) is 5.92 Å². The van der Waals surface area contributed by atoms with Gasteiger partial charge in [-0.25, -0.2) is 9.69 Å². The van der Waals surface area contributed by atoms with Gasteiger partial charge in [-0.3, -0.25) is 14.5 Å². The van der Waals surface area contributed by atoms with E-state index in [1.165, 1.54) is 10.5 Å². The van der Waals surface area contributed by atoms with E-state index in [2.05, 4.69) is 17.0 Å². The molecule has 192 valence electrons. The molecule has 36 heavy (non-hydrogen) atoms. The number of esters is 1. The first-order chi connectivity index (χ1) is 17.5. The molecular weight excluding hydrogens is 456 g/mol. The molecule has 2 saturated heterocycles. The number of nitrogens with zero attached hydrogens (tertiary/aromatic N) is 2. The van der Waals surface area contributed by atoms with Crippen LogP contribution in [0.4, 0.5) is 5.69 Å². The maximum Gasteiger partial charge on any atom is 0.338 e. The lowest BCUT2D eigenvalue weighted by Gasteiger charge is -2.34. The van der Waals surface area contributed by atoms with Crippen molar-refractivity contribution in [2.75, 3.05) is 31.7 Å². The fourth-order valence-electron chi connectivity index (χ4n) is 5.03. The topological polar surface area (TPSA) is 76.2 Å². The van der Waals surface area contributed by atoms with Gasteiger partial charge in [0.25, 0.3) is 5.91 Å². The zero-order valence-electron chi connectivity index (χ0n) is 21.3. The number of benzene rings is 2. The number of carbonyl (C=O) groups is 3. The molecule has 2 heterocycles. The Morgan fingerprint density at radius 1 is 1.00 bits per heavy atom. The van der Waals surface area contributed by atoms with Gasteiger partial charge in [0.1, 0.15) is 5.75 Å². The molecule has 2 aliphatic heterocycles. The molecule has 2 fully saturated rings. The molecule has 2 aromatic carbocycles. The van der Waals surface area contributed by atoms with Crippen molar-refractivity contribution in [2.45, 2.75) is 57.9 Å². The number of hydrogen-bond acceptors (Lipinski definition) is 6. The SMILES string of the molecule is CCCCOC(=O)c1ccc(N2C(=O)C[C@@H](N3CCC(CCc4ccc(OC)cc4)CC3)C2=O)cc1. The highest BCUT2D eigenvalue weighted by Gasteiger charge is 2.43. The van der Waals surface area contributed by atoms with E-state index < -0.39 is 6.04 Å². The number of hydrogen-bond donors (Lipinski definition) is 0. The summed E-state index contributed by atoms with van der Waals surface area (Å²) in [5.41, 5.74) is 2.24. The molecule has 7 heteroatoms. The molecule has 2 aliphatic rings. The van der Waals surface area contributed by atoms with Crippen LogP contribution in [-0.4, -0.2) is 55.5 Å². The summed E-state index contributed by atoms with van der Waals surface area (Å²) in [6, 6.07) is 14.4. The number of amides is 2. The Morgan fingerprint density at radius 3 is 2.33 bits per heavy atom. The number of carbonyl (C=O) groups excluding carboxylic acids is 3. The van der Waals surface area contributed by atoms with Gasteiger partial charge in [-0.15, -0.1) is 0 Å². The monoisotopic (exact) mass is 492 g/mol. The number of unbranched alkanes of at least 4 members (excludes halogenated alkanes) is 1. The maximum atomic E-state index is 13.2. The van der Waals surface area contributed by atoms with Crippen LogP contribution in [0.5, 0.6) is 5.75 Å². The number of ether oxygens (including phenoxy) is 2. The van der Waals surface area contributed by atoms with Crippen LogP contribution in [0.25, 0.3) is 0 Å². The lowest BCUT2D eigenvalue weighted by Crippen LogP contribution is -2.46. The predicted octanol–water partition coefficient (Wildman–Crippen LogP) is 4.63. The summed E-state index contributed by atoms with van der Waals surface area (Å²) in [6.07, 6.45) is 6.19. The molecule has 0 aromatic heterocycles. The summed E-state index contributed by atoms with van der Waals surface area (Å²) in [5, 5.41) is 0. The van der Waals surface area contributed by atoms with Crippen LogP contribution in [0.2, 0.25) is 0 Å². The summed E-state index contributed by atoms with van der Waals surface area (Å²) in [5.74, 6) is 0.746. The zero-order chi connectivity index (χ0) is 25.5. The lowest BCUT2D eigenvalue weighted by atomic mass is 9.90. The maximum absolute atomic E-state index is 13.2. The molecule has 2 amide bonds. The normalized spacial score (nSPS) is 19.1. The molecule has 0 N–H and O–H groups in total. The second kappa shape index (κ2) is 12.2. The second-order valence-electron chi connectivity index (χ2n) is 9.69. The summed E-state index contributed by atoms with van der Waals surface area (Å²) >= 11 is 0. The number of rotatable bonds is 10. The molecule has 4 rings (SSSR count). The van der Waals surface area contributed by atoms with Crippen molar-refractivity contribution < 1.29 is 23.9 Å². The highest BCUT2D eigenvalue weighted by molar-refractivity contribution is 6.22. The standard InChI is InChI=1S/C29H36N2O5/c1-3-4-19-36-29(34)23-9-11-24(12-10-23)31-27(32)20-26(28(31)33)30-17-15-22(16-18-30)6-5-21-7-13-25(35-2)14-8-21/h7-14,22,26H,3-6,15-20H2,1-2H3/t26-/m1/s1. The Morgan fingerprint density at radius 2 is 1.69 bits per heavy atom. The fourth-order valence-corrected chi connectivity index (χ4v) is 5.03. The molecule has 0 saturated carbocycles. The van der Waals surface area contributed by atoms with Gasteiger partial charge in [0.15, 0.2) is 0 Å². The van der Waals surface area contributed by atoms with Crippen molar-refractivity contribution in [1.82, 2.24) is 4.90 Å². The van der Waals surface area contributed by atoms with Gasteiger partial charge in [-0.2, -0.15) is 0 Å². The van der Waals surface area contributed by atoms with E-state index in [0.29, 0.717) is 23.8 Å². The average Bonchev–Trinajstić information content (AvgIpc) is 3.21. The smallest absolute Gasteiger partial charge is 0.338 e. The minimum Gasteiger partial charge on any atom is -0.497 e. The molecule has 1 atom stereocenters. The van der Waals surface area contributed by atoms with E-state index >= 15 is 0 Å². The van der Waals surface area contributed by atoms with Crippen LogP contribution in [-0.2, 0) is 20.7 Å². The number of likely N-dealkylation sites (tertiary alicyclic amines) is 1. The Bertz CT molecular complexity index is 1040. The Kier molecular flexibility index (Phi) is 8.75. The third kappa shape index (κ3) is 6.13. The van der Waals surface area contributed by atoms with E-state index in [9.17, 15) is 14.4 Å². The van der Waals surface area contributed by atoms with Crippen molar-refractivity contribution in [3.8, 4) is 5.75 Å². The van der Waals surface area contributed by atoms with Gasteiger partial charge in [0.2, 0.25) is 5.91 Å². The van der Waals surface area contributed by atoms with Crippen LogP contribution < -0.4 is 9.64 Å². The Balaban J connectivity index is 1.28. The first-order valence-electron chi connectivity index (χ1n) is 13.0. The second-order valence-corrected chi connectivity index (χ2v) is 9.69. The van der Waals surface area contributed by atoms with E-state index in [1.807, 2.05) is 19.1 Å². The third-order valence-electron chi connectivity index (χ3n) is 7.31. The summed E-state index contributed by atoms with van der Waals surface area (Å²) in [7, 11) is 1.67. The number of piperidine rings is 1. The van der Waals surface area contributed by atoms with E-state index in [-0.39, 0.29) is 24.2 Å². The number of imide groups is 1. The van der Waals surface area contributed by atoms with E-state index in [4.69, 9.17) is 9.47 Å². The van der Waals surface area contributed by atoms with Gasteiger partial charge in [-0.1, -0.05) is 25.5 Å². The van der Waals surface area contributed by atoms with Gasteiger partial charge < -0.3 is 9.47 Å². The van der Waals surface area contributed by atoms with Gasteiger partial charge in [0.05, 0.1) is 37.4 Å². The number of anilines is 1. The molecule has 2 aromatic rings. The quantitative estimate of drug-likeness (QED) is 0.274. The van der Waals surface area contributed by atoms with E-state index in [0.717, 1.165) is 57.4 Å². The van der Waals surface area contributed by atoms with Gasteiger partial charge in [0, 0.05) is 0 Å².